The maximum absolute atomic E-state index is 13.7. The molecule has 8 heteroatoms. The van der Waals surface area contributed by atoms with Crippen molar-refractivity contribution < 1.29 is 13.5 Å². The fourth-order valence-electron chi connectivity index (χ4n) is 2.63. The van der Waals surface area contributed by atoms with E-state index in [9.17, 15) is 4.39 Å². The minimum Gasteiger partial charge on any atom is -0.486 e. The van der Waals surface area contributed by atoms with Crippen molar-refractivity contribution in [3.05, 3.63) is 72.4 Å². The van der Waals surface area contributed by atoms with Gasteiger partial charge in [0.05, 0.1) is 13.1 Å². The number of para-hydroxylation sites is 1. The predicted molar refractivity (Wildman–Crippen MR) is 127 cm³/mol. The summed E-state index contributed by atoms with van der Waals surface area (Å²) in [6, 6.07) is 16.1. The highest BCUT2D eigenvalue weighted by molar-refractivity contribution is 14.0. The first kappa shape index (κ1) is 23.7. The molecule has 2 aromatic carbocycles. The van der Waals surface area contributed by atoms with E-state index in [2.05, 4.69) is 20.6 Å². The Balaban J connectivity index is 0.00000320. The number of aliphatic imine (C=N–C) groups is 1. The van der Waals surface area contributed by atoms with Crippen molar-refractivity contribution in [2.45, 2.75) is 26.5 Å². The van der Waals surface area contributed by atoms with Crippen LogP contribution in [0.5, 0.6) is 5.75 Å². The molecule has 0 aliphatic heterocycles. The zero-order chi connectivity index (χ0) is 20.5. The Morgan fingerprint density at radius 1 is 1.13 bits per heavy atom. The summed E-state index contributed by atoms with van der Waals surface area (Å²) in [5.41, 5.74) is 1.66. The zero-order valence-corrected chi connectivity index (χ0v) is 19.3. The second-order valence-corrected chi connectivity index (χ2v) is 6.44. The lowest BCUT2D eigenvalue weighted by atomic mass is 10.2. The Kier molecular flexibility index (Phi) is 9.59. The van der Waals surface area contributed by atoms with Gasteiger partial charge in [-0.15, -0.1) is 24.0 Å². The van der Waals surface area contributed by atoms with Crippen LogP contribution >= 0.6 is 24.0 Å². The molecule has 1 heterocycles. The van der Waals surface area contributed by atoms with Crippen LogP contribution in [0.3, 0.4) is 0 Å². The number of benzene rings is 2. The molecule has 2 N–H and O–H groups in total. The number of oxazole rings is 1. The molecule has 1 aromatic heterocycles. The maximum atomic E-state index is 13.7. The number of aromatic nitrogens is 1. The quantitative estimate of drug-likeness (QED) is 0.256. The van der Waals surface area contributed by atoms with Crippen molar-refractivity contribution in [1.29, 1.82) is 0 Å². The van der Waals surface area contributed by atoms with Crippen LogP contribution in [-0.4, -0.2) is 30.1 Å². The Morgan fingerprint density at radius 3 is 2.60 bits per heavy atom. The third-order valence-electron chi connectivity index (χ3n) is 4.04. The Labute approximate surface area is 193 Å². The molecule has 30 heavy (non-hydrogen) atoms. The summed E-state index contributed by atoms with van der Waals surface area (Å²) in [6.45, 7) is 5.40. The molecule has 0 radical (unpaired) electrons. The van der Waals surface area contributed by atoms with E-state index in [1.165, 1.54) is 6.07 Å². The van der Waals surface area contributed by atoms with Crippen molar-refractivity contribution in [1.82, 2.24) is 15.6 Å². The molecule has 0 aliphatic rings. The van der Waals surface area contributed by atoms with Gasteiger partial charge in [-0.25, -0.2) is 14.4 Å². The summed E-state index contributed by atoms with van der Waals surface area (Å²) in [4.78, 5) is 9.01. The van der Waals surface area contributed by atoms with Gasteiger partial charge in [-0.1, -0.05) is 30.3 Å². The van der Waals surface area contributed by atoms with E-state index < -0.39 is 0 Å². The molecule has 3 aromatic rings. The molecule has 3 rings (SSSR count). The molecule has 160 valence electrons. The van der Waals surface area contributed by atoms with Crippen LogP contribution < -0.4 is 15.4 Å². The molecule has 0 aliphatic carbocycles. The molecule has 0 saturated carbocycles. The third-order valence-corrected chi connectivity index (χ3v) is 4.04. The lowest BCUT2D eigenvalue weighted by molar-refractivity contribution is 0.214. The highest BCUT2D eigenvalue weighted by Gasteiger charge is 2.10. The third kappa shape index (κ3) is 7.01. The Hall–Kier alpha value is -2.62. The fourth-order valence-corrected chi connectivity index (χ4v) is 2.63. The summed E-state index contributed by atoms with van der Waals surface area (Å²) in [5.74, 6) is 1.06. The summed E-state index contributed by atoms with van der Waals surface area (Å²) < 4.78 is 24.9. The number of ether oxygens (including phenoxy) is 1. The number of hydrogen-bond donors (Lipinski definition) is 2. The second kappa shape index (κ2) is 12.2. The Morgan fingerprint density at radius 2 is 1.87 bits per heavy atom. The number of nitrogens with zero attached hydrogens (tertiary/aromatic N) is 2. The SMILES string of the molecule is CCNC(=NCc1coc(-c2ccccc2)n1)NCC(C)Oc1ccccc1F.I. The van der Waals surface area contributed by atoms with Crippen LogP contribution in [0, 0.1) is 5.82 Å². The normalized spacial score (nSPS) is 12.0. The van der Waals surface area contributed by atoms with Crippen molar-refractivity contribution in [2.24, 2.45) is 4.99 Å². The van der Waals surface area contributed by atoms with Gasteiger partial charge in [0, 0.05) is 12.1 Å². The minimum atomic E-state index is -0.375. The van der Waals surface area contributed by atoms with Crippen LogP contribution in [0.4, 0.5) is 4.39 Å². The van der Waals surface area contributed by atoms with E-state index in [0.29, 0.717) is 31.5 Å². The van der Waals surface area contributed by atoms with Crippen molar-refractivity contribution in [3.63, 3.8) is 0 Å². The summed E-state index contributed by atoms with van der Waals surface area (Å²) in [7, 11) is 0. The molecular formula is C22H26FIN4O2. The lowest BCUT2D eigenvalue weighted by Gasteiger charge is -2.17. The molecule has 1 atom stereocenters. The highest BCUT2D eigenvalue weighted by atomic mass is 127. The first-order valence-electron chi connectivity index (χ1n) is 9.59. The molecule has 0 spiro atoms. The Bertz CT molecular complexity index is 934. The molecule has 0 amide bonds. The molecule has 1 unspecified atom stereocenters. The zero-order valence-electron chi connectivity index (χ0n) is 17.0. The van der Waals surface area contributed by atoms with Gasteiger partial charge in [-0.3, -0.25) is 0 Å². The number of guanidine groups is 1. The number of nitrogens with one attached hydrogen (secondary N) is 2. The smallest absolute Gasteiger partial charge is 0.226 e. The van der Waals surface area contributed by atoms with Crippen LogP contribution in [0.2, 0.25) is 0 Å². The topological polar surface area (TPSA) is 71.7 Å². The summed E-state index contributed by atoms with van der Waals surface area (Å²) >= 11 is 0. The monoisotopic (exact) mass is 524 g/mol. The number of halogens is 2. The highest BCUT2D eigenvalue weighted by Crippen LogP contribution is 2.18. The van der Waals surface area contributed by atoms with Gasteiger partial charge in [0.25, 0.3) is 0 Å². The molecular weight excluding hydrogens is 498 g/mol. The first-order valence-corrected chi connectivity index (χ1v) is 9.59. The average molecular weight is 524 g/mol. The molecule has 0 bridgehead atoms. The number of hydrogen-bond acceptors (Lipinski definition) is 4. The second-order valence-electron chi connectivity index (χ2n) is 6.44. The van der Waals surface area contributed by atoms with Crippen LogP contribution in [0.1, 0.15) is 19.5 Å². The molecule has 6 nitrogen and oxygen atoms in total. The average Bonchev–Trinajstić information content (AvgIpc) is 3.21. The van der Waals surface area contributed by atoms with Crippen LogP contribution in [0.15, 0.2) is 70.3 Å². The van der Waals surface area contributed by atoms with Crippen LogP contribution in [0.25, 0.3) is 11.5 Å². The molecule has 0 saturated heterocycles. The maximum Gasteiger partial charge on any atom is 0.226 e. The predicted octanol–water partition coefficient (Wildman–Crippen LogP) is 4.62. The van der Waals surface area contributed by atoms with Crippen molar-refractivity contribution in [3.8, 4) is 17.2 Å². The van der Waals surface area contributed by atoms with E-state index in [1.54, 1.807) is 24.5 Å². The summed E-state index contributed by atoms with van der Waals surface area (Å²) in [6.07, 6.45) is 1.37. The standard InChI is InChI=1S/C22H25FN4O2.HI/c1-3-24-22(25-13-16(2)29-20-12-8-7-11-19(20)23)26-14-18-15-28-21(27-18)17-9-5-4-6-10-17;/h4-12,15-16H,3,13-14H2,1-2H3,(H2,24,25,26);1H. The van der Waals surface area contributed by atoms with E-state index >= 15 is 0 Å². The molecule has 0 fully saturated rings. The largest absolute Gasteiger partial charge is 0.486 e. The van der Waals surface area contributed by atoms with E-state index in [-0.39, 0.29) is 41.6 Å². The lowest BCUT2D eigenvalue weighted by Crippen LogP contribution is -2.41. The van der Waals surface area contributed by atoms with Gasteiger partial charge in [0.15, 0.2) is 17.5 Å². The minimum absolute atomic E-state index is 0. The van der Waals surface area contributed by atoms with E-state index in [4.69, 9.17) is 9.15 Å². The van der Waals surface area contributed by atoms with Gasteiger partial charge in [-0.05, 0) is 38.1 Å². The van der Waals surface area contributed by atoms with E-state index in [1.807, 2.05) is 44.2 Å². The van der Waals surface area contributed by atoms with Gasteiger partial charge < -0.3 is 19.8 Å². The fraction of sp³-hybridized carbons (Fsp3) is 0.273. The van der Waals surface area contributed by atoms with Gasteiger partial charge in [0.1, 0.15) is 18.1 Å². The van der Waals surface area contributed by atoms with Crippen molar-refractivity contribution >= 4 is 29.9 Å². The summed E-state index contributed by atoms with van der Waals surface area (Å²) in [5, 5.41) is 6.37. The van der Waals surface area contributed by atoms with E-state index in [0.717, 1.165) is 11.3 Å². The van der Waals surface area contributed by atoms with Crippen LogP contribution in [-0.2, 0) is 6.54 Å². The van der Waals surface area contributed by atoms with Gasteiger partial charge >= 0.3 is 0 Å². The van der Waals surface area contributed by atoms with Gasteiger partial charge in [-0.2, -0.15) is 0 Å². The van der Waals surface area contributed by atoms with Crippen molar-refractivity contribution in [2.75, 3.05) is 13.1 Å². The van der Waals surface area contributed by atoms with Gasteiger partial charge in [0.2, 0.25) is 5.89 Å². The number of rotatable bonds is 8. The first-order chi connectivity index (χ1) is 14.2.